The van der Waals surface area contributed by atoms with Crippen molar-refractivity contribution >= 4 is 43.2 Å². The van der Waals surface area contributed by atoms with E-state index in [9.17, 15) is 23.7 Å². The summed E-state index contributed by atoms with van der Waals surface area (Å²) in [4.78, 5) is 8.15. The predicted octanol–water partition coefficient (Wildman–Crippen LogP) is 8.66. The first-order valence-corrected chi connectivity index (χ1v) is 12.3. The van der Waals surface area contributed by atoms with Crippen molar-refractivity contribution in [1.29, 1.82) is 10.5 Å². The highest BCUT2D eigenvalue weighted by Crippen LogP contribution is 2.62. The second kappa shape index (κ2) is 7.66. The molecule has 4 nitrogen and oxygen atoms in total. The molecule has 0 spiro atoms. The van der Waals surface area contributed by atoms with Crippen molar-refractivity contribution in [2.45, 2.75) is 13.1 Å². The van der Waals surface area contributed by atoms with Gasteiger partial charge < -0.3 is 0 Å². The van der Waals surface area contributed by atoms with Crippen molar-refractivity contribution in [2.24, 2.45) is 0 Å². The van der Waals surface area contributed by atoms with Crippen molar-refractivity contribution < 1.29 is 13.2 Å². The largest absolute Gasteiger partial charge is 0.416 e. The molecule has 2 aromatic carbocycles. The number of nitriles is 2. The van der Waals surface area contributed by atoms with Crippen LogP contribution in [0.1, 0.15) is 32.0 Å². The first-order chi connectivity index (χ1) is 17.7. The molecule has 0 bridgehead atoms. The van der Waals surface area contributed by atoms with Crippen molar-refractivity contribution in [2.75, 3.05) is 0 Å². The Bertz CT molecular complexity index is 1940. The monoisotopic (exact) mass is 522 g/mol. The van der Waals surface area contributed by atoms with Gasteiger partial charge in [-0.05, 0) is 41.3 Å². The highest BCUT2D eigenvalue weighted by molar-refractivity contribution is 7.31. The van der Waals surface area contributed by atoms with E-state index in [-0.39, 0.29) is 22.5 Å². The Kier molecular flexibility index (Phi) is 4.72. The van der Waals surface area contributed by atoms with E-state index < -0.39 is 11.7 Å². The normalized spacial score (nSPS) is 15.6. The molecule has 0 saturated heterocycles. The van der Waals surface area contributed by atoms with Crippen molar-refractivity contribution in [1.82, 2.24) is 0 Å². The van der Waals surface area contributed by atoms with E-state index in [1.165, 1.54) is 28.7 Å². The number of hydrogen-bond acceptors (Lipinski definition) is 4. The molecule has 0 saturated carbocycles. The SMILES string of the molecule is [C-]#[N+]/C(C#N)=C1/c2cc(C(F)(F)F)ccc2-c2c1sc1c3c(sc21)/C(=C(\C#N)[N+]#[C-])c1cc(C)ccc1-3. The molecule has 0 radical (unpaired) electrons. The minimum Gasteiger partial charge on any atom is -0.226 e. The molecular weight excluding hydrogens is 513 g/mol. The fraction of sp³-hybridized carbons (Fsp3) is 0.0714. The summed E-state index contributed by atoms with van der Waals surface area (Å²) in [6, 6.07) is 13.1. The number of nitrogens with zero attached hydrogens (tertiary/aromatic N) is 4. The van der Waals surface area contributed by atoms with Gasteiger partial charge in [0, 0.05) is 32.0 Å². The number of aryl methyl sites for hydroxylation is 1. The highest BCUT2D eigenvalue weighted by Gasteiger charge is 2.39. The molecule has 0 amide bonds. The van der Waals surface area contributed by atoms with E-state index in [0.29, 0.717) is 21.6 Å². The molecule has 0 N–H and O–H groups in total. The Morgan fingerprint density at radius 2 is 1.27 bits per heavy atom. The quantitative estimate of drug-likeness (QED) is 0.148. The Morgan fingerprint density at radius 1 is 0.784 bits per heavy atom. The van der Waals surface area contributed by atoms with Crippen LogP contribution in [0.15, 0.2) is 47.8 Å². The summed E-state index contributed by atoms with van der Waals surface area (Å²) in [5.41, 5.74) is 4.60. The standard InChI is InChI=1S/C28H9F3N4S2/c1-12-4-6-14-16(8-12)20(18(10-32)34-2)24-22(14)26-27(36-24)23-15-7-5-13(28(29,30)31)9-17(15)21(25(23)37-26)19(11-33)35-3/h4-9H,1H3/b20-18+,21-19-. The van der Waals surface area contributed by atoms with Crippen LogP contribution in [0.4, 0.5) is 13.2 Å². The molecule has 6 rings (SSSR count). The van der Waals surface area contributed by atoms with Crippen molar-refractivity contribution in [3.05, 3.63) is 103 Å². The first kappa shape index (κ1) is 22.8. The van der Waals surface area contributed by atoms with Crippen LogP contribution in [0.2, 0.25) is 0 Å². The third kappa shape index (κ3) is 2.97. The van der Waals surface area contributed by atoms with Crippen molar-refractivity contribution in [3.8, 4) is 34.4 Å². The van der Waals surface area contributed by atoms with Gasteiger partial charge in [0.25, 0.3) is 11.4 Å². The average molecular weight is 523 g/mol. The van der Waals surface area contributed by atoms with E-state index in [1.54, 1.807) is 0 Å². The zero-order chi connectivity index (χ0) is 26.2. The number of benzene rings is 2. The maximum absolute atomic E-state index is 13.5. The Hall–Kier alpha value is -4.67. The number of rotatable bonds is 0. The van der Waals surface area contributed by atoms with Gasteiger partial charge in [-0.2, -0.15) is 13.2 Å². The van der Waals surface area contributed by atoms with Gasteiger partial charge in [-0.25, -0.2) is 20.2 Å². The van der Waals surface area contributed by atoms with Crippen LogP contribution in [0, 0.1) is 42.7 Å². The molecule has 4 aromatic rings. The maximum Gasteiger partial charge on any atom is 0.416 e. The highest BCUT2D eigenvalue weighted by atomic mass is 32.1. The lowest BCUT2D eigenvalue weighted by Crippen LogP contribution is -2.05. The van der Waals surface area contributed by atoms with E-state index in [1.807, 2.05) is 37.3 Å². The summed E-state index contributed by atoms with van der Waals surface area (Å²) in [7, 11) is 0. The van der Waals surface area contributed by atoms with Crippen molar-refractivity contribution in [3.63, 3.8) is 0 Å². The fourth-order valence-corrected chi connectivity index (χ4v) is 8.04. The molecule has 37 heavy (non-hydrogen) atoms. The van der Waals surface area contributed by atoms with E-state index >= 15 is 0 Å². The minimum absolute atomic E-state index is 0.0216. The molecule has 174 valence electrons. The third-order valence-electron chi connectivity index (χ3n) is 6.49. The molecule has 2 aromatic heterocycles. The molecule has 2 aliphatic carbocycles. The Labute approximate surface area is 216 Å². The first-order valence-electron chi connectivity index (χ1n) is 10.7. The predicted molar refractivity (Wildman–Crippen MR) is 137 cm³/mol. The summed E-state index contributed by atoms with van der Waals surface area (Å²) >= 11 is 2.71. The van der Waals surface area contributed by atoms with Crippen LogP contribution in [0.5, 0.6) is 0 Å². The van der Waals surface area contributed by atoms with Gasteiger partial charge >= 0.3 is 6.18 Å². The number of fused-ring (bicyclic) bond motifs is 9. The van der Waals surface area contributed by atoms with Gasteiger partial charge in [0.15, 0.2) is 0 Å². The molecule has 0 atom stereocenters. The van der Waals surface area contributed by atoms with E-state index in [2.05, 4.69) is 9.69 Å². The molecule has 0 aliphatic heterocycles. The lowest BCUT2D eigenvalue weighted by Gasteiger charge is -2.10. The number of allylic oxidation sites excluding steroid dienone is 2. The van der Waals surface area contributed by atoms with Gasteiger partial charge in [-0.15, -0.1) is 22.7 Å². The van der Waals surface area contributed by atoms with Crippen LogP contribution in [-0.2, 0) is 6.18 Å². The van der Waals surface area contributed by atoms with Crippen LogP contribution in [0.3, 0.4) is 0 Å². The molecule has 0 fully saturated rings. The van der Waals surface area contributed by atoms with E-state index in [0.717, 1.165) is 48.7 Å². The lowest BCUT2D eigenvalue weighted by atomic mass is 10.0. The zero-order valence-electron chi connectivity index (χ0n) is 18.7. The van der Waals surface area contributed by atoms with Gasteiger partial charge in [0.05, 0.1) is 40.2 Å². The second-order valence-electron chi connectivity index (χ2n) is 8.47. The molecular formula is C28H9F3N4S2. The molecule has 2 aliphatic rings. The van der Waals surface area contributed by atoms with Crippen LogP contribution in [-0.4, -0.2) is 0 Å². The second-order valence-corrected chi connectivity index (χ2v) is 10.5. The summed E-state index contributed by atoms with van der Waals surface area (Å²) in [5.74, 6) is 0. The average Bonchev–Trinajstić information content (AvgIpc) is 3.56. The summed E-state index contributed by atoms with van der Waals surface area (Å²) in [6.45, 7) is 17.0. The maximum atomic E-state index is 13.5. The number of hydrogen-bond donors (Lipinski definition) is 0. The lowest BCUT2D eigenvalue weighted by molar-refractivity contribution is -0.137. The van der Waals surface area contributed by atoms with E-state index in [4.69, 9.17) is 13.1 Å². The number of thiophene rings is 2. The van der Waals surface area contributed by atoms with Crippen LogP contribution in [0.25, 0.3) is 52.5 Å². The molecule has 0 unspecified atom stereocenters. The van der Waals surface area contributed by atoms with Crippen LogP contribution < -0.4 is 0 Å². The Morgan fingerprint density at radius 3 is 1.73 bits per heavy atom. The molecule has 9 heteroatoms. The summed E-state index contributed by atoms with van der Waals surface area (Å²) in [5, 5.41) is 19.3. The fourth-order valence-electron chi connectivity index (χ4n) is 4.99. The topological polar surface area (TPSA) is 56.3 Å². The third-order valence-corrected chi connectivity index (χ3v) is 9.06. The number of halogens is 3. The smallest absolute Gasteiger partial charge is 0.226 e. The Balaban J connectivity index is 1.74. The minimum atomic E-state index is -4.57. The zero-order valence-corrected chi connectivity index (χ0v) is 20.3. The van der Waals surface area contributed by atoms with Crippen LogP contribution >= 0.6 is 22.7 Å². The van der Waals surface area contributed by atoms with Gasteiger partial charge in [0.1, 0.15) is 0 Å². The summed E-state index contributed by atoms with van der Waals surface area (Å²) in [6.07, 6.45) is -4.57. The summed E-state index contributed by atoms with van der Waals surface area (Å²) < 4.78 is 42.2. The van der Waals surface area contributed by atoms with Gasteiger partial charge in [-0.3, -0.25) is 0 Å². The molecule has 2 heterocycles. The number of alkyl halides is 3. The van der Waals surface area contributed by atoms with Gasteiger partial charge in [0.2, 0.25) is 0 Å². The van der Waals surface area contributed by atoms with Gasteiger partial charge in [-0.1, -0.05) is 29.8 Å².